The lowest BCUT2D eigenvalue weighted by atomic mass is 10.1. The first-order valence-corrected chi connectivity index (χ1v) is 9.06. The summed E-state index contributed by atoms with van der Waals surface area (Å²) in [6.45, 7) is 4.74. The number of benzene rings is 1. The highest BCUT2D eigenvalue weighted by molar-refractivity contribution is 5.95. The molecule has 0 aliphatic carbocycles. The molecule has 0 bridgehead atoms. The predicted molar refractivity (Wildman–Crippen MR) is 104 cm³/mol. The maximum absolute atomic E-state index is 12.4. The van der Waals surface area contributed by atoms with Gasteiger partial charge in [0, 0.05) is 36.7 Å². The first-order valence-electron chi connectivity index (χ1n) is 9.06. The lowest BCUT2D eigenvalue weighted by Crippen LogP contribution is -2.30. The normalized spacial score (nSPS) is 10.6. The van der Waals surface area contributed by atoms with Crippen molar-refractivity contribution < 1.29 is 14.1 Å². The van der Waals surface area contributed by atoms with Crippen molar-refractivity contribution in [3.8, 4) is 11.6 Å². The van der Waals surface area contributed by atoms with Gasteiger partial charge in [0.15, 0.2) is 5.82 Å². The summed E-state index contributed by atoms with van der Waals surface area (Å²) in [5.41, 5.74) is 1.03. The highest BCUT2D eigenvalue weighted by Crippen LogP contribution is 2.13. The number of rotatable bonds is 7. The van der Waals surface area contributed by atoms with Gasteiger partial charge < -0.3 is 10.2 Å². The van der Waals surface area contributed by atoms with E-state index in [-0.39, 0.29) is 24.1 Å². The zero-order valence-corrected chi connectivity index (χ0v) is 16.0. The average Bonchev–Trinajstić information content (AvgIpc) is 3.10. The summed E-state index contributed by atoms with van der Waals surface area (Å²) >= 11 is 0. The Morgan fingerprint density at radius 3 is 2.38 bits per heavy atom. The fourth-order valence-electron chi connectivity index (χ4n) is 2.72. The molecule has 10 nitrogen and oxygen atoms in total. The molecular weight excluding hydrogens is 376 g/mol. The molecule has 1 aromatic carbocycles. The smallest absolute Gasteiger partial charge is 0.339 e. The molecule has 0 aliphatic heterocycles. The zero-order valence-electron chi connectivity index (χ0n) is 16.0. The Balaban J connectivity index is 1.70. The van der Waals surface area contributed by atoms with Crippen LogP contribution in [0.25, 0.3) is 11.6 Å². The van der Waals surface area contributed by atoms with Gasteiger partial charge in [-0.3, -0.25) is 14.1 Å². The fourth-order valence-corrected chi connectivity index (χ4v) is 2.72. The van der Waals surface area contributed by atoms with Crippen LogP contribution in [0.1, 0.15) is 24.2 Å². The van der Waals surface area contributed by atoms with E-state index in [2.05, 4.69) is 25.0 Å². The van der Waals surface area contributed by atoms with Crippen LogP contribution in [0, 0.1) is 0 Å². The number of carbonyl (C=O) groups excluding carboxylic acids is 2. The molecule has 0 spiro atoms. The van der Waals surface area contributed by atoms with Crippen LogP contribution in [-0.4, -0.2) is 49.5 Å². The predicted octanol–water partition coefficient (Wildman–Crippen LogP) is 1.41. The molecule has 3 rings (SSSR count). The minimum Gasteiger partial charge on any atom is -0.339 e. The van der Waals surface area contributed by atoms with E-state index in [0.717, 1.165) is 4.57 Å². The second-order valence-corrected chi connectivity index (χ2v) is 6.03. The zero-order chi connectivity index (χ0) is 20.8. The fraction of sp³-hybridized carbons (Fsp3) is 0.263. The monoisotopic (exact) mass is 396 g/mol. The van der Waals surface area contributed by atoms with Gasteiger partial charge in [0.05, 0.1) is 0 Å². The second-order valence-electron chi connectivity index (χ2n) is 6.03. The molecule has 0 fully saturated rings. The Morgan fingerprint density at radius 1 is 1.10 bits per heavy atom. The van der Waals surface area contributed by atoms with Gasteiger partial charge in [0.1, 0.15) is 6.54 Å². The number of hydrogen-bond acceptors (Lipinski definition) is 7. The molecular formula is C19H20N6O4. The van der Waals surface area contributed by atoms with Crippen LogP contribution in [0.15, 0.2) is 52.0 Å². The molecule has 0 radical (unpaired) electrons. The third kappa shape index (κ3) is 4.54. The summed E-state index contributed by atoms with van der Waals surface area (Å²) in [5.74, 6) is -1.09. The van der Waals surface area contributed by atoms with Gasteiger partial charge in [-0.1, -0.05) is 5.16 Å². The number of nitrogens with one attached hydrogen (secondary N) is 1. The topological polar surface area (TPSA) is 123 Å². The Hall–Kier alpha value is -3.82. The summed E-state index contributed by atoms with van der Waals surface area (Å²) in [6, 6.07) is 8.17. The number of carbonyl (C=O) groups is 2. The van der Waals surface area contributed by atoms with E-state index in [1.54, 1.807) is 35.2 Å². The molecule has 0 aliphatic rings. The minimum atomic E-state index is -0.789. The first-order chi connectivity index (χ1) is 14.0. The minimum absolute atomic E-state index is 0.0610. The van der Waals surface area contributed by atoms with Crippen molar-refractivity contribution in [3.05, 3.63) is 58.8 Å². The molecule has 0 unspecified atom stereocenters. The molecule has 0 saturated heterocycles. The van der Waals surface area contributed by atoms with E-state index < -0.39 is 11.7 Å². The van der Waals surface area contributed by atoms with Crippen molar-refractivity contribution in [2.24, 2.45) is 0 Å². The van der Waals surface area contributed by atoms with Crippen LogP contribution < -0.4 is 11.1 Å². The molecule has 2 amide bonds. The van der Waals surface area contributed by atoms with E-state index >= 15 is 0 Å². The average molecular weight is 396 g/mol. The van der Waals surface area contributed by atoms with Gasteiger partial charge in [-0.25, -0.2) is 19.3 Å². The number of anilines is 1. The molecule has 150 valence electrons. The largest absolute Gasteiger partial charge is 0.442 e. The Morgan fingerprint density at radius 2 is 1.76 bits per heavy atom. The molecule has 0 saturated carbocycles. The van der Waals surface area contributed by atoms with Crippen molar-refractivity contribution in [3.63, 3.8) is 0 Å². The molecule has 10 heteroatoms. The first kappa shape index (κ1) is 19.9. The summed E-state index contributed by atoms with van der Waals surface area (Å²) in [4.78, 5) is 46.3. The van der Waals surface area contributed by atoms with Gasteiger partial charge in [0.2, 0.25) is 11.7 Å². The van der Waals surface area contributed by atoms with E-state index in [1.165, 1.54) is 12.4 Å². The Labute approximate surface area is 166 Å². The second kappa shape index (κ2) is 8.91. The van der Waals surface area contributed by atoms with E-state index in [0.29, 0.717) is 24.3 Å². The van der Waals surface area contributed by atoms with Crippen molar-refractivity contribution in [2.75, 3.05) is 18.4 Å². The maximum atomic E-state index is 12.4. The van der Waals surface area contributed by atoms with Crippen LogP contribution in [-0.2, 0) is 11.3 Å². The van der Waals surface area contributed by atoms with E-state index in [4.69, 9.17) is 0 Å². The molecule has 2 aromatic heterocycles. The number of nitrogens with zero attached hydrogens (tertiary/aromatic N) is 5. The van der Waals surface area contributed by atoms with Gasteiger partial charge in [-0.15, -0.1) is 0 Å². The highest BCUT2D eigenvalue weighted by atomic mass is 16.5. The molecule has 3 aromatic rings. The molecule has 29 heavy (non-hydrogen) atoms. The standard InChI is InChI=1S/C19H20N6O4/c1-3-24(4-2)18(27)13-6-8-14(9-7-13)22-15(26)12-25-17(23-29-19(25)28)16-20-10-5-11-21-16/h5-11H,3-4,12H2,1-2H3,(H,22,26). The summed E-state index contributed by atoms with van der Waals surface area (Å²) in [5, 5.41) is 6.31. The summed E-state index contributed by atoms with van der Waals surface area (Å²) < 4.78 is 5.69. The lowest BCUT2D eigenvalue weighted by Gasteiger charge is -2.18. The van der Waals surface area contributed by atoms with E-state index in [1.807, 2.05) is 13.8 Å². The van der Waals surface area contributed by atoms with E-state index in [9.17, 15) is 14.4 Å². The van der Waals surface area contributed by atoms with Gasteiger partial charge in [0.25, 0.3) is 5.91 Å². The van der Waals surface area contributed by atoms with Gasteiger partial charge >= 0.3 is 5.76 Å². The van der Waals surface area contributed by atoms with Gasteiger partial charge in [-0.05, 0) is 44.2 Å². The third-order valence-corrected chi connectivity index (χ3v) is 4.22. The van der Waals surface area contributed by atoms with Gasteiger partial charge in [-0.2, -0.15) is 0 Å². The van der Waals surface area contributed by atoms with Crippen LogP contribution in [0.3, 0.4) is 0 Å². The quantitative estimate of drug-likeness (QED) is 0.640. The highest BCUT2D eigenvalue weighted by Gasteiger charge is 2.18. The number of hydrogen-bond donors (Lipinski definition) is 1. The maximum Gasteiger partial charge on any atom is 0.442 e. The summed E-state index contributed by atoms with van der Waals surface area (Å²) in [7, 11) is 0. The Bertz CT molecular complexity index is 1040. The van der Waals surface area contributed by atoms with Crippen LogP contribution in [0.5, 0.6) is 0 Å². The van der Waals surface area contributed by atoms with Crippen LogP contribution in [0.2, 0.25) is 0 Å². The van der Waals surface area contributed by atoms with Crippen LogP contribution >= 0.6 is 0 Å². The molecule has 1 N–H and O–H groups in total. The lowest BCUT2D eigenvalue weighted by molar-refractivity contribution is -0.116. The molecule has 2 heterocycles. The van der Waals surface area contributed by atoms with Crippen molar-refractivity contribution in [2.45, 2.75) is 20.4 Å². The third-order valence-electron chi connectivity index (χ3n) is 4.22. The Kier molecular flexibility index (Phi) is 6.12. The van der Waals surface area contributed by atoms with Crippen molar-refractivity contribution in [1.82, 2.24) is 24.6 Å². The van der Waals surface area contributed by atoms with Crippen molar-refractivity contribution in [1.29, 1.82) is 0 Å². The van der Waals surface area contributed by atoms with Crippen LogP contribution in [0.4, 0.5) is 5.69 Å². The number of aromatic nitrogens is 4. The number of amides is 2. The van der Waals surface area contributed by atoms with Crippen molar-refractivity contribution >= 4 is 17.5 Å². The summed E-state index contributed by atoms with van der Waals surface area (Å²) in [6.07, 6.45) is 2.99. The SMILES string of the molecule is CCN(CC)C(=O)c1ccc(NC(=O)Cn2c(-c3ncccn3)noc2=O)cc1. The molecule has 0 atom stereocenters.